The predicted molar refractivity (Wildman–Crippen MR) is 285 cm³/mol. The lowest BCUT2D eigenvalue weighted by atomic mass is 10.2. The Hall–Kier alpha value is -7.78. The normalized spacial score (nSPS) is 10.9. The summed E-state index contributed by atoms with van der Waals surface area (Å²) in [6, 6.07) is 34.2. The monoisotopic (exact) mass is 970 g/mol. The van der Waals surface area contributed by atoms with E-state index in [2.05, 4.69) is 107 Å². The molecule has 9 aromatic rings. The number of aromatic nitrogens is 12. The van der Waals surface area contributed by atoms with Gasteiger partial charge in [-0.3, -0.25) is 0 Å². The van der Waals surface area contributed by atoms with Crippen LogP contribution in [0.3, 0.4) is 0 Å². The molecule has 3 aromatic carbocycles. The molecule has 0 unspecified atom stereocenters. The molecule has 16 heteroatoms. The molecular weight excluding hydrogens is 906 g/mol. The van der Waals surface area contributed by atoms with Gasteiger partial charge in [-0.1, -0.05) is 80.0 Å². The number of benzene rings is 3. The summed E-state index contributed by atoms with van der Waals surface area (Å²) in [6.07, 6.45) is 7.92. The molecule has 0 saturated carbocycles. The maximum absolute atomic E-state index is 6.05. The van der Waals surface area contributed by atoms with E-state index in [0.29, 0.717) is 23.4 Å². The molecule has 366 valence electrons. The summed E-state index contributed by atoms with van der Waals surface area (Å²) < 4.78 is 5.77. The second kappa shape index (κ2) is 23.2. The van der Waals surface area contributed by atoms with E-state index >= 15 is 0 Å². The summed E-state index contributed by atoms with van der Waals surface area (Å²) in [7, 11) is 6.09. The fourth-order valence-electron chi connectivity index (χ4n) is 7.94. The highest BCUT2D eigenvalue weighted by Crippen LogP contribution is 2.24. The van der Waals surface area contributed by atoms with Crippen LogP contribution in [0.2, 0.25) is 5.15 Å². The number of hydrogen-bond donors (Lipinski definition) is 0. The van der Waals surface area contributed by atoms with Gasteiger partial charge >= 0.3 is 0 Å². The first kappa shape index (κ1) is 51.1. The summed E-state index contributed by atoms with van der Waals surface area (Å²) in [5.41, 5.74) is 11.9. The van der Waals surface area contributed by atoms with Gasteiger partial charge in [-0.05, 0) is 84.9 Å². The summed E-state index contributed by atoms with van der Waals surface area (Å²) in [5, 5.41) is 14.1. The molecule has 0 N–H and O–H groups in total. The van der Waals surface area contributed by atoms with Crippen molar-refractivity contribution < 1.29 is 0 Å². The molecule has 0 atom stereocenters. The number of anilines is 3. The molecule has 0 saturated heterocycles. The highest BCUT2D eigenvalue weighted by molar-refractivity contribution is 6.29. The number of hydrogen-bond acceptors (Lipinski definition) is 12. The Morgan fingerprint density at radius 2 is 1.04 bits per heavy atom. The third-order valence-corrected chi connectivity index (χ3v) is 12.0. The van der Waals surface area contributed by atoms with E-state index in [0.717, 1.165) is 98.7 Å². The minimum absolute atomic E-state index is 0.317. The van der Waals surface area contributed by atoms with E-state index in [1.165, 1.54) is 5.56 Å². The Balaban J connectivity index is 0.000000157. The van der Waals surface area contributed by atoms with Crippen molar-refractivity contribution >= 4 is 29.1 Å². The minimum Gasteiger partial charge on any atom is -0.355 e. The largest absolute Gasteiger partial charge is 0.355 e. The van der Waals surface area contributed by atoms with Gasteiger partial charge in [0.15, 0.2) is 0 Å². The van der Waals surface area contributed by atoms with Crippen molar-refractivity contribution in [3.05, 3.63) is 196 Å². The fourth-order valence-corrected chi connectivity index (χ4v) is 8.16. The molecule has 6 heterocycles. The summed E-state index contributed by atoms with van der Waals surface area (Å²) >= 11 is 6.05. The Labute approximate surface area is 422 Å². The molecule has 0 amide bonds. The van der Waals surface area contributed by atoms with Gasteiger partial charge in [0.2, 0.25) is 0 Å². The molecule has 0 aliphatic rings. The molecule has 0 aliphatic carbocycles. The first-order valence-corrected chi connectivity index (χ1v) is 24.0. The van der Waals surface area contributed by atoms with Crippen molar-refractivity contribution in [2.24, 2.45) is 0 Å². The standard InChI is InChI=1S/C19H23N5.C18H20ClN5.C18H21N5/c1-14(2)19-21-15(3)10-18(22-19)23(4)12-16-11-20-24(13-16)17-8-6-5-7-9-17;1-12-16(11-23(4)18-10-17(19)20-14(3)21-18)13(2)24(22-12)15-8-6-5-7-9-15;1-13-14(2)20-15(3)21-18(13)22(4)11-16-10-19-23(12-16)17-8-6-5-7-9-17/h5-11,13-14H,12H2,1-4H3;5-10H,11H2,1-4H3;5-10,12H,11H2,1-4H3. The molecule has 0 fully saturated rings. The molecule has 0 bridgehead atoms. The molecule has 6 aromatic heterocycles. The predicted octanol–water partition coefficient (Wildman–Crippen LogP) is 10.8. The highest BCUT2D eigenvalue weighted by Gasteiger charge is 2.17. The second-order valence-corrected chi connectivity index (χ2v) is 18.4. The Kier molecular flexibility index (Phi) is 16.7. The molecular formula is C55H64ClN15. The van der Waals surface area contributed by atoms with Crippen LogP contribution in [0.5, 0.6) is 0 Å². The average molecular weight is 971 g/mol. The zero-order valence-electron chi connectivity index (χ0n) is 42.9. The average Bonchev–Trinajstić information content (AvgIpc) is 4.10. The summed E-state index contributed by atoms with van der Waals surface area (Å²) in [4.78, 5) is 33.1. The van der Waals surface area contributed by atoms with Crippen molar-refractivity contribution in [3.8, 4) is 17.1 Å². The molecule has 0 aliphatic heterocycles. The molecule has 0 spiro atoms. The molecule has 15 nitrogen and oxygen atoms in total. The summed E-state index contributed by atoms with van der Waals surface area (Å²) in [6.45, 7) is 20.4. The van der Waals surface area contributed by atoms with Gasteiger partial charge in [-0.2, -0.15) is 15.3 Å². The molecule has 0 radical (unpaired) electrons. The second-order valence-electron chi connectivity index (χ2n) is 18.0. The van der Waals surface area contributed by atoms with Gasteiger partial charge in [-0.25, -0.2) is 43.9 Å². The Morgan fingerprint density at radius 1 is 0.535 bits per heavy atom. The van der Waals surface area contributed by atoms with Gasteiger partial charge in [0.1, 0.15) is 40.1 Å². The zero-order chi connectivity index (χ0) is 50.8. The topological polar surface area (TPSA) is 141 Å². The van der Waals surface area contributed by atoms with Crippen LogP contribution in [-0.2, 0) is 19.6 Å². The van der Waals surface area contributed by atoms with E-state index in [9.17, 15) is 0 Å². The fraction of sp³-hybridized carbons (Fsp3) is 0.291. The van der Waals surface area contributed by atoms with Crippen LogP contribution in [0.4, 0.5) is 17.5 Å². The first-order valence-electron chi connectivity index (χ1n) is 23.6. The van der Waals surface area contributed by atoms with Crippen molar-refractivity contribution in [3.63, 3.8) is 0 Å². The van der Waals surface area contributed by atoms with E-state index in [1.807, 2.05) is 167 Å². The summed E-state index contributed by atoms with van der Waals surface area (Å²) in [5.74, 6) is 5.39. The van der Waals surface area contributed by atoms with Crippen LogP contribution in [0, 0.1) is 48.5 Å². The van der Waals surface area contributed by atoms with Gasteiger partial charge in [0.05, 0.1) is 35.1 Å². The van der Waals surface area contributed by atoms with Crippen LogP contribution in [0.1, 0.15) is 82.3 Å². The van der Waals surface area contributed by atoms with Crippen molar-refractivity contribution in [2.75, 3.05) is 35.8 Å². The lowest BCUT2D eigenvalue weighted by Crippen LogP contribution is -2.20. The van der Waals surface area contributed by atoms with Crippen molar-refractivity contribution in [1.82, 2.24) is 59.2 Å². The van der Waals surface area contributed by atoms with Crippen LogP contribution >= 0.6 is 11.6 Å². The first-order chi connectivity index (χ1) is 34.0. The number of nitrogens with zero attached hydrogens (tertiary/aromatic N) is 15. The highest BCUT2D eigenvalue weighted by atomic mass is 35.5. The Morgan fingerprint density at radius 3 is 1.59 bits per heavy atom. The van der Waals surface area contributed by atoms with Gasteiger partial charge in [-0.15, -0.1) is 0 Å². The maximum atomic E-state index is 6.05. The van der Waals surface area contributed by atoms with Crippen LogP contribution in [0.25, 0.3) is 17.1 Å². The third kappa shape index (κ3) is 13.3. The minimum atomic E-state index is 0.317. The molecule has 71 heavy (non-hydrogen) atoms. The van der Waals surface area contributed by atoms with Crippen LogP contribution < -0.4 is 14.7 Å². The number of aryl methyl sites for hydroxylation is 5. The lowest BCUT2D eigenvalue weighted by molar-refractivity contribution is 0.754. The van der Waals surface area contributed by atoms with Gasteiger partial charge in [0, 0.05) is 111 Å². The van der Waals surface area contributed by atoms with Crippen LogP contribution in [-0.4, -0.2) is 80.4 Å². The quantitative estimate of drug-likeness (QED) is 0.102. The van der Waals surface area contributed by atoms with E-state index in [4.69, 9.17) is 16.7 Å². The van der Waals surface area contributed by atoms with E-state index in [-0.39, 0.29) is 0 Å². The van der Waals surface area contributed by atoms with Crippen molar-refractivity contribution in [1.29, 1.82) is 0 Å². The molecule has 9 rings (SSSR count). The van der Waals surface area contributed by atoms with Gasteiger partial charge < -0.3 is 14.7 Å². The van der Waals surface area contributed by atoms with E-state index in [1.54, 1.807) is 6.07 Å². The maximum Gasteiger partial charge on any atom is 0.135 e. The smallest absolute Gasteiger partial charge is 0.135 e. The third-order valence-electron chi connectivity index (χ3n) is 11.8. The number of para-hydroxylation sites is 3. The lowest BCUT2D eigenvalue weighted by Gasteiger charge is -2.20. The van der Waals surface area contributed by atoms with Gasteiger partial charge in [0.25, 0.3) is 0 Å². The SMILES string of the molecule is Cc1cc(N(C)Cc2cnn(-c3ccccc3)c2)nc(C(C)C)n1.Cc1nc(C)c(C)c(N(C)Cc2cnn(-c3ccccc3)c2)n1.Cc1nc(Cl)cc(N(C)Cc2c(C)nn(-c3ccccc3)c2C)n1. The Bertz CT molecular complexity index is 3130. The zero-order valence-corrected chi connectivity index (χ0v) is 43.7. The van der Waals surface area contributed by atoms with E-state index < -0.39 is 0 Å². The van der Waals surface area contributed by atoms with Crippen molar-refractivity contribution in [2.45, 2.75) is 87.9 Å². The number of rotatable bonds is 13. The number of halogens is 1. The van der Waals surface area contributed by atoms with Crippen LogP contribution in [0.15, 0.2) is 128 Å².